The van der Waals surface area contributed by atoms with Crippen molar-refractivity contribution in [3.8, 4) is 11.8 Å². The third-order valence-electron chi connectivity index (χ3n) is 3.44. The quantitative estimate of drug-likeness (QED) is 0.741. The summed E-state index contributed by atoms with van der Waals surface area (Å²) in [4.78, 5) is 0.0470. The van der Waals surface area contributed by atoms with Crippen LogP contribution in [0.5, 0.6) is 5.75 Å². The van der Waals surface area contributed by atoms with E-state index in [1.807, 2.05) is 26.8 Å². The molecule has 1 aromatic carbocycles. The van der Waals surface area contributed by atoms with Gasteiger partial charge in [-0.2, -0.15) is 10.4 Å². The van der Waals surface area contributed by atoms with Crippen LogP contribution >= 0.6 is 0 Å². The Labute approximate surface area is 153 Å². The molecular formula is C17H22N4O4S. The van der Waals surface area contributed by atoms with Gasteiger partial charge in [0.15, 0.2) is 5.82 Å². The van der Waals surface area contributed by atoms with Gasteiger partial charge in [0.1, 0.15) is 24.0 Å². The first kappa shape index (κ1) is 19.8. The molecule has 0 radical (unpaired) electrons. The molecule has 0 atom stereocenters. The predicted molar refractivity (Wildman–Crippen MR) is 96.6 cm³/mol. The molecule has 8 nitrogen and oxygen atoms in total. The van der Waals surface area contributed by atoms with Gasteiger partial charge in [-0.25, -0.2) is 8.42 Å². The average molecular weight is 378 g/mol. The van der Waals surface area contributed by atoms with E-state index < -0.39 is 10.0 Å². The fraction of sp³-hybridized carbons (Fsp3) is 0.412. The number of benzene rings is 1. The highest BCUT2D eigenvalue weighted by molar-refractivity contribution is 7.92. The third kappa shape index (κ3) is 4.74. The number of sulfonamides is 1. The van der Waals surface area contributed by atoms with Crippen LogP contribution in [0.25, 0.3) is 0 Å². The largest absolute Gasteiger partial charge is 0.491 e. The molecule has 0 aliphatic heterocycles. The fourth-order valence-corrected chi connectivity index (χ4v) is 3.04. The first-order valence-electron chi connectivity index (χ1n) is 7.92. The van der Waals surface area contributed by atoms with Gasteiger partial charge in [0.25, 0.3) is 10.0 Å². The number of hydrogen-bond acceptors (Lipinski definition) is 6. The van der Waals surface area contributed by atoms with Gasteiger partial charge in [-0.15, -0.1) is 0 Å². The number of ether oxygens (including phenoxy) is 2. The molecule has 0 spiro atoms. The van der Waals surface area contributed by atoms with Crippen molar-refractivity contribution in [1.82, 2.24) is 9.78 Å². The van der Waals surface area contributed by atoms with Crippen LogP contribution < -0.4 is 9.46 Å². The van der Waals surface area contributed by atoms with Gasteiger partial charge in [-0.1, -0.05) is 0 Å². The molecule has 0 unspecified atom stereocenters. The van der Waals surface area contributed by atoms with Crippen LogP contribution in [0, 0.1) is 11.3 Å². The van der Waals surface area contributed by atoms with Crippen LogP contribution in [0.4, 0.5) is 5.82 Å². The van der Waals surface area contributed by atoms with Crippen molar-refractivity contribution in [1.29, 1.82) is 5.26 Å². The molecule has 2 aromatic rings. The minimum absolute atomic E-state index is 0.00264. The van der Waals surface area contributed by atoms with E-state index in [0.717, 1.165) is 0 Å². The van der Waals surface area contributed by atoms with E-state index in [4.69, 9.17) is 9.47 Å². The topological polar surface area (TPSA) is 106 Å². The van der Waals surface area contributed by atoms with Crippen molar-refractivity contribution in [2.45, 2.75) is 31.2 Å². The lowest BCUT2D eigenvalue weighted by Gasteiger charge is -2.18. The molecule has 0 saturated carbocycles. The van der Waals surface area contributed by atoms with Crippen molar-refractivity contribution in [3.63, 3.8) is 0 Å². The fourth-order valence-electron chi connectivity index (χ4n) is 2.02. The van der Waals surface area contributed by atoms with Crippen molar-refractivity contribution in [2.24, 2.45) is 0 Å². The maximum Gasteiger partial charge on any atom is 0.263 e. The Hall–Kier alpha value is -2.57. The van der Waals surface area contributed by atoms with Gasteiger partial charge in [0.2, 0.25) is 0 Å². The highest BCUT2D eigenvalue weighted by Crippen LogP contribution is 2.23. The Balaban J connectivity index is 2.21. The highest BCUT2D eigenvalue weighted by atomic mass is 32.2. The van der Waals surface area contributed by atoms with Crippen molar-refractivity contribution < 1.29 is 17.9 Å². The van der Waals surface area contributed by atoms with Gasteiger partial charge in [-0.05, 0) is 45.0 Å². The molecule has 1 heterocycles. The number of rotatable bonds is 7. The van der Waals surface area contributed by atoms with Crippen molar-refractivity contribution in [2.75, 3.05) is 25.0 Å². The van der Waals surface area contributed by atoms with Crippen LogP contribution in [-0.2, 0) is 20.3 Å². The molecule has 140 valence electrons. The molecule has 0 bridgehead atoms. The van der Waals surface area contributed by atoms with Crippen molar-refractivity contribution >= 4 is 15.8 Å². The molecule has 0 aliphatic carbocycles. The lowest BCUT2D eigenvalue weighted by atomic mass is 10.1. The summed E-state index contributed by atoms with van der Waals surface area (Å²) in [7, 11) is -2.31. The highest BCUT2D eigenvalue weighted by Gasteiger charge is 2.22. The van der Waals surface area contributed by atoms with E-state index in [9.17, 15) is 13.7 Å². The standard InChI is InChI=1S/C17H22N4O4S/c1-17(2,3)21-12-13(11-18)16(19-21)20-26(22,23)15-7-5-14(6-8-15)25-10-9-24-4/h5-8,12H,9-10H2,1-4H3,(H,19,20). The van der Waals surface area contributed by atoms with E-state index in [1.54, 1.807) is 23.9 Å². The summed E-state index contributed by atoms with van der Waals surface area (Å²) in [6, 6.07) is 7.93. The van der Waals surface area contributed by atoms with E-state index in [2.05, 4.69) is 9.82 Å². The maximum absolute atomic E-state index is 12.6. The zero-order valence-electron chi connectivity index (χ0n) is 15.2. The van der Waals surface area contributed by atoms with Gasteiger partial charge in [-0.3, -0.25) is 9.40 Å². The molecule has 0 saturated heterocycles. The van der Waals surface area contributed by atoms with Gasteiger partial charge >= 0.3 is 0 Å². The minimum Gasteiger partial charge on any atom is -0.491 e. The van der Waals surface area contributed by atoms with E-state index >= 15 is 0 Å². The smallest absolute Gasteiger partial charge is 0.263 e. The second-order valence-electron chi connectivity index (χ2n) is 6.54. The molecule has 9 heteroatoms. The maximum atomic E-state index is 12.6. The molecule has 1 N–H and O–H groups in total. The number of methoxy groups -OCH3 is 1. The number of nitriles is 1. The number of aromatic nitrogens is 2. The van der Waals surface area contributed by atoms with Gasteiger partial charge in [0.05, 0.1) is 17.0 Å². The van der Waals surface area contributed by atoms with Crippen LogP contribution in [-0.4, -0.2) is 38.5 Å². The first-order valence-corrected chi connectivity index (χ1v) is 9.40. The summed E-state index contributed by atoms with van der Waals surface area (Å²) < 4.78 is 39.4. The van der Waals surface area contributed by atoms with Crippen LogP contribution in [0.15, 0.2) is 35.4 Å². The van der Waals surface area contributed by atoms with Gasteiger partial charge in [0, 0.05) is 13.3 Å². The van der Waals surface area contributed by atoms with Gasteiger partial charge < -0.3 is 9.47 Å². The van der Waals surface area contributed by atoms with Crippen LogP contribution in [0.3, 0.4) is 0 Å². The Morgan fingerprint density at radius 1 is 1.23 bits per heavy atom. The zero-order valence-corrected chi connectivity index (χ0v) is 16.0. The first-order chi connectivity index (χ1) is 12.2. The van der Waals surface area contributed by atoms with Crippen molar-refractivity contribution in [3.05, 3.63) is 36.0 Å². The monoisotopic (exact) mass is 378 g/mol. The van der Waals surface area contributed by atoms with E-state index in [0.29, 0.717) is 19.0 Å². The SMILES string of the molecule is COCCOc1ccc(S(=O)(=O)Nc2nn(C(C)(C)C)cc2C#N)cc1. The molecule has 26 heavy (non-hydrogen) atoms. The molecule has 0 amide bonds. The number of nitrogens with zero attached hydrogens (tertiary/aromatic N) is 3. The Morgan fingerprint density at radius 3 is 2.42 bits per heavy atom. The summed E-state index contributed by atoms with van der Waals surface area (Å²) in [5.74, 6) is 0.540. The normalized spacial score (nSPS) is 11.8. The summed E-state index contributed by atoms with van der Waals surface area (Å²) in [5.41, 5.74) is -0.223. The van der Waals surface area contributed by atoms with E-state index in [-0.39, 0.29) is 21.8 Å². The molecular weight excluding hydrogens is 356 g/mol. The lowest BCUT2D eigenvalue weighted by molar-refractivity contribution is 0.146. The Bertz CT molecular complexity index is 890. The second-order valence-corrected chi connectivity index (χ2v) is 8.22. The molecule has 1 aromatic heterocycles. The number of anilines is 1. The molecule has 0 aliphatic rings. The predicted octanol–water partition coefficient (Wildman–Crippen LogP) is 2.34. The minimum atomic E-state index is -3.88. The third-order valence-corrected chi connectivity index (χ3v) is 4.80. The van der Waals surface area contributed by atoms with E-state index in [1.165, 1.54) is 18.3 Å². The molecule has 2 rings (SSSR count). The second kappa shape index (κ2) is 7.76. The molecule has 0 fully saturated rings. The number of nitrogens with one attached hydrogen (secondary N) is 1. The summed E-state index contributed by atoms with van der Waals surface area (Å²) in [5, 5.41) is 13.4. The summed E-state index contributed by atoms with van der Waals surface area (Å²) in [6.07, 6.45) is 1.52. The van der Waals surface area contributed by atoms with Crippen LogP contribution in [0.2, 0.25) is 0 Å². The number of hydrogen-bond donors (Lipinski definition) is 1. The Kier molecular flexibility index (Phi) is 5.90. The van der Waals surface area contributed by atoms with Crippen LogP contribution in [0.1, 0.15) is 26.3 Å². The summed E-state index contributed by atoms with van der Waals surface area (Å²) >= 11 is 0. The Morgan fingerprint density at radius 2 is 1.88 bits per heavy atom. The average Bonchev–Trinajstić information content (AvgIpc) is 2.98. The lowest BCUT2D eigenvalue weighted by Crippen LogP contribution is -2.22. The zero-order chi connectivity index (χ0) is 19.4. The summed E-state index contributed by atoms with van der Waals surface area (Å²) in [6.45, 7) is 6.52.